The number of nitrogen functional groups attached to an aromatic ring is 1. The lowest BCUT2D eigenvalue weighted by Crippen LogP contribution is -2.27. The van der Waals surface area contributed by atoms with E-state index in [-0.39, 0.29) is 53.9 Å². The number of aldehydes is 1. The number of carbonyl (C=O) groups is 1. The normalized spacial score (nSPS) is 14.4. The van der Waals surface area contributed by atoms with E-state index in [0.29, 0.717) is 17.6 Å². The number of anilines is 2. The van der Waals surface area contributed by atoms with Gasteiger partial charge in [-0.25, -0.2) is 4.39 Å². The smallest absolute Gasteiger partial charge is 0.202 e. The first-order chi connectivity index (χ1) is 17.0. The number of aromatic nitrogens is 1. The molecule has 0 saturated carbocycles. The number of rotatable bonds is 7. The monoisotopic (exact) mass is 473 g/mol. The van der Waals surface area contributed by atoms with Crippen molar-refractivity contribution in [1.82, 2.24) is 4.57 Å². The Morgan fingerprint density at radius 1 is 1.17 bits per heavy atom. The molecule has 0 saturated heterocycles. The van der Waals surface area contributed by atoms with Gasteiger partial charge in [-0.05, 0) is 30.2 Å². The highest BCUT2D eigenvalue weighted by molar-refractivity contribution is 6.02. The number of nitrogens with two attached hydrogens (primary N) is 1. The van der Waals surface area contributed by atoms with E-state index in [1.807, 2.05) is 61.5 Å². The van der Waals surface area contributed by atoms with E-state index in [2.05, 4.69) is 5.32 Å². The van der Waals surface area contributed by atoms with E-state index in [9.17, 15) is 9.59 Å². The van der Waals surface area contributed by atoms with Gasteiger partial charge in [0.2, 0.25) is 5.43 Å². The summed E-state index contributed by atoms with van der Waals surface area (Å²) in [6, 6.07) is 17.6. The average Bonchev–Trinajstić information content (AvgIpc) is 2.89. The van der Waals surface area contributed by atoms with Gasteiger partial charge in [0.05, 0.1) is 28.2 Å². The molecule has 0 aliphatic carbocycles. The maximum atomic E-state index is 15.3. The number of benzene rings is 3. The summed E-state index contributed by atoms with van der Waals surface area (Å²) in [7, 11) is 0. The molecule has 0 amide bonds. The van der Waals surface area contributed by atoms with Gasteiger partial charge in [-0.1, -0.05) is 42.5 Å². The molecule has 1 aliphatic heterocycles. The highest BCUT2D eigenvalue weighted by Gasteiger charge is 2.29. The van der Waals surface area contributed by atoms with Gasteiger partial charge < -0.3 is 25.1 Å². The maximum absolute atomic E-state index is 15.3. The molecule has 2 heterocycles. The standard InChI is InChI=1S/C27H24FN3O4/c1-16-15-35-27-24(22(28)23(29)21-25(27)31(16)13-19(14-32)26(21)33)30-11-12-34-20-9-7-18(8-10-20)17-5-3-2-4-6-17/h2-10,13-14,16,30H,11-12,15,29H2,1H3/t16-/m0/s1. The second-order valence-electron chi connectivity index (χ2n) is 8.42. The molecule has 4 aromatic rings. The van der Waals surface area contributed by atoms with Gasteiger partial charge in [0.15, 0.2) is 17.9 Å². The predicted molar refractivity (Wildman–Crippen MR) is 134 cm³/mol. The van der Waals surface area contributed by atoms with Crippen molar-refractivity contribution in [2.45, 2.75) is 13.0 Å². The van der Waals surface area contributed by atoms with Gasteiger partial charge in [0, 0.05) is 12.7 Å². The van der Waals surface area contributed by atoms with Crippen molar-refractivity contribution in [3.63, 3.8) is 0 Å². The van der Waals surface area contributed by atoms with Gasteiger partial charge in [0.25, 0.3) is 0 Å². The fraction of sp³-hybridized carbons (Fsp3) is 0.185. The largest absolute Gasteiger partial charge is 0.492 e. The van der Waals surface area contributed by atoms with Crippen LogP contribution in [0, 0.1) is 5.82 Å². The highest BCUT2D eigenvalue weighted by Crippen LogP contribution is 2.43. The molecule has 178 valence electrons. The number of hydrogen-bond acceptors (Lipinski definition) is 6. The molecule has 5 rings (SSSR count). The zero-order valence-corrected chi connectivity index (χ0v) is 19.1. The maximum Gasteiger partial charge on any atom is 0.202 e. The molecule has 0 bridgehead atoms. The summed E-state index contributed by atoms with van der Waals surface area (Å²) in [5.74, 6) is 0.0964. The van der Waals surface area contributed by atoms with Crippen LogP contribution in [0.1, 0.15) is 23.3 Å². The van der Waals surface area contributed by atoms with Crippen molar-refractivity contribution in [1.29, 1.82) is 0 Å². The van der Waals surface area contributed by atoms with E-state index in [4.69, 9.17) is 15.2 Å². The van der Waals surface area contributed by atoms with Crippen LogP contribution in [0.2, 0.25) is 0 Å². The van der Waals surface area contributed by atoms with E-state index in [0.717, 1.165) is 11.1 Å². The lowest BCUT2D eigenvalue weighted by molar-refractivity contribution is 0.112. The lowest BCUT2D eigenvalue weighted by atomic mass is 10.0. The summed E-state index contributed by atoms with van der Waals surface area (Å²) in [5, 5.41) is 2.96. The van der Waals surface area contributed by atoms with E-state index < -0.39 is 11.2 Å². The second kappa shape index (κ2) is 9.13. The van der Waals surface area contributed by atoms with Crippen molar-refractivity contribution in [2.75, 3.05) is 30.8 Å². The average molecular weight is 474 g/mol. The van der Waals surface area contributed by atoms with Crippen LogP contribution in [-0.2, 0) is 0 Å². The molecular weight excluding hydrogens is 449 g/mol. The topological polar surface area (TPSA) is 95.6 Å². The van der Waals surface area contributed by atoms with Crippen LogP contribution in [-0.4, -0.2) is 30.6 Å². The Morgan fingerprint density at radius 3 is 2.60 bits per heavy atom. The molecule has 0 unspecified atom stereocenters. The highest BCUT2D eigenvalue weighted by atomic mass is 19.1. The van der Waals surface area contributed by atoms with Crippen molar-refractivity contribution >= 4 is 28.6 Å². The van der Waals surface area contributed by atoms with Crippen LogP contribution in [0.4, 0.5) is 15.8 Å². The summed E-state index contributed by atoms with van der Waals surface area (Å²) in [6.07, 6.45) is 1.93. The number of ether oxygens (including phenoxy) is 2. The summed E-state index contributed by atoms with van der Waals surface area (Å²) in [5.41, 5.74) is 7.67. The summed E-state index contributed by atoms with van der Waals surface area (Å²) >= 11 is 0. The van der Waals surface area contributed by atoms with Crippen LogP contribution >= 0.6 is 0 Å². The number of halogens is 1. The van der Waals surface area contributed by atoms with E-state index in [1.165, 1.54) is 6.20 Å². The van der Waals surface area contributed by atoms with Crippen molar-refractivity contribution < 1.29 is 18.7 Å². The van der Waals surface area contributed by atoms with Crippen LogP contribution < -0.4 is 26.0 Å². The molecule has 1 aromatic heterocycles. The molecule has 0 spiro atoms. The molecule has 7 nitrogen and oxygen atoms in total. The minimum Gasteiger partial charge on any atom is -0.492 e. The number of pyridine rings is 1. The van der Waals surface area contributed by atoms with Crippen LogP contribution in [0.15, 0.2) is 65.6 Å². The zero-order chi connectivity index (χ0) is 24.5. The minimum absolute atomic E-state index is 0.0473. The third-order valence-electron chi connectivity index (χ3n) is 6.13. The summed E-state index contributed by atoms with van der Waals surface area (Å²) < 4.78 is 28.6. The zero-order valence-electron chi connectivity index (χ0n) is 19.1. The molecule has 1 atom stereocenters. The molecule has 0 fully saturated rings. The van der Waals surface area contributed by atoms with E-state index in [1.54, 1.807) is 4.57 Å². The Kier molecular flexibility index (Phi) is 5.86. The first kappa shape index (κ1) is 22.5. The molecule has 35 heavy (non-hydrogen) atoms. The van der Waals surface area contributed by atoms with Gasteiger partial charge in [0.1, 0.15) is 24.7 Å². The van der Waals surface area contributed by atoms with Crippen molar-refractivity contribution in [2.24, 2.45) is 0 Å². The Hall–Kier alpha value is -4.33. The van der Waals surface area contributed by atoms with Crippen LogP contribution in [0.25, 0.3) is 22.0 Å². The molecule has 0 radical (unpaired) electrons. The molecule has 1 aliphatic rings. The number of hydrogen-bond donors (Lipinski definition) is 2. The second-order valence-corrected chi connectivity index (χ2v) is 8.42. The Labute approximate surface area is 200 Å². The molecule has 3 N–H and O–H groups in total. The molecule has 3 aromatic carbocycles. The van der Waals surface area contributed by atoms with Gasteiger partial charge in [-0.3, -0.25) is 9.59 Å². The lowest BCUT2D eigenvalue weighted by Gasteiger charge is -2.29. The SMILES string of the molecule is C[C@H]1COc2c(NCCOc3ccc(-c4ccccc4)cc3)c(F)c(N)c3c(=O)c(C=O)cn1c23. The van der Waals surface area contributed by atoms with E-state index >= 15 is 4.39 Å². The van der Waals surface area contributed by atoms with Crippen molar-refractivity contribution in [3.8, 4) is 22.6 Å². The Morgan fingerprint density at radius 2 is 1.89 bits per heavy atom. The van der Waals surface area contributed by atoms with Crippen LogP contribution in [0.5, 0.6) is 11.5 Å². The molecule has 8 heteroatoms. The third-order valence-corrected chi connectivity index (χ3v) is 6.13. The number of carbonyl (C=O) groups excluding carboxylic acids is 1. The Balaban J connectivity index is 1.36. The first-order valence-corrected chi connectivity index (χ1v) is 11.3. The number of nitrogens with zero attached hydrogens (tertiary/aromatic N) is 1. The first-order valence-electron chi connectivity index (χ1n) is 11.3. The molecular formula is C27H24FN3O4. The van der Waals surface area contributed by atoms with Gasteiger partial charge in [-0.15, -0.1) is 0 Å². The summed E-state index contributed by atoms with van der Waals surface area (Å²) in [6.45, 7) is 2.66. The van der Waals surface area contributed by atoms with Gasteiger partial charge >= 0.3 is 0 Å². The summed E-state index contributed by atoms with van der Waals surface area (Å²) in [4.78, 5) is 24.1. The van der Waals surface area contributed by atoms with Crippen molar-refractivity contribution in [3.05, 3.63) is 82.4 Å². The fourth-order valence-electron chi connectivity index (χ4n) is 4.33. The quantitative estimate of drug-likeness (QED) is 0.231. The fourth-order valence-corrected chi connectivity index (χ4v) is 4.33. The van der Waals surface area contributed by atoms with Gasteiger partial charge in [-0.2, -0.15) is 0 Å². The third kappa shape index (κ3) is 3.97. The van der Waals surface area contributed by atoms with Crippen LogP contribution in [0.3, 0.4) is 0 Å². The predicted octanol–water partition coefficient (Wildman–Crippen LogP) is 4.65. The minimum atomic E-state index is -0.791. The Bertz CT molecular complexity index is 1470. The number of nitrogens with one attached hydrogen (secondary N) is 1.